The zero-order valence-electron chi connectivity index (χ0n) is 14.7. The minimum Gasteiger partial charge on any atom is -0.306 e. The van der Waals surface area contributed by atoms with Gasteiger partial charge in [0.15, 0.2) is 0 Å². The van der Waals surface area contributed by atoms with Gasteiger partial charge >= 0.3 is 0 Å². The molecule has 0 aromatic carbocycles. The van der Waals surface area contributed by atoms with E-state index in [1.807, 2.05) is 0 Å². The molecule has 0 aliphatic rings. The molecule has 1 unspecified atom stereocenters. The first-order valence-electron chi connectivity index (χ1n) is 9.00. The third-order valence-corrected chi connectivity index (χ3v) is 4.27. The van der Waals surface area contributed by atoms with E-state index < -0.39 is 0 Å². The molecule has 1 nitrogen and oxygen atoms in total. The average molecular weight is 282 g/mol. The molecule has 0 spiro atoms. The fourth-order valence-corrected chi connectivity index (χ4v) is 2.81. The molecule has 0 saturated heterocycles. The van der Waals surface area contributed by atoms with Crippen molar-refractivity contribution >= 4 is 0 Å². The summed E-state index contributed by atoms with van der Waals surface area (Å²) in [5, 5.41) is 0. The standard InChI is InChI=1S/C19H39N/c1-5-7-9-11-12-14-16-18-19(20(3)4)17-15-13-10-8-6-2/h6,8,19H,5,7,9-18H2,1-4H3. The normalized spacial score (nSPS) is 13.4. The van der Waals surface area contributed by atoms with E-state index in [1.165, 1.54) is 77.0 Å². The first kappa shape index (κ1) is 19.7. The summed E-state index contributed by atoms with van der Waals surface area (Å²) in [5.41, 5.74) is 0. The minimum atomic E-state index is 0.802. The van der Waals surface area contributed by atoms with E-state index >= 15 is 0 Å². The van der Waals surface area contributed by atoms with Crippen LogP contribution in [0.3, 0.4) is 0 Å². The molecule has 0 amide bonds. The maximum atomic E-state index is 2.44. The lowest BCUT2D eigenvalue weighted by atomic mass is 10.00. The SMILES string of the molecule is CC=CCCCCC(CCCCCCCCC)N(C)C. The first-order valence-corrected chi connectivity index (χ1v) is 9.00. The van der Waals surface area contributed by atoms with Gasteiger partial charge in [0, 0.05) is 6.04 Å². The Balaban J connectivity index is 3.54. The highest BCUT2D eigenvalue weighted by molar-refractivity contribution is 4.77. The highest BCUT2D eigenvalue weighted by atomic mass is 15.1. The van der Waals surface area contributed by atoms with Crippen LogP contribution < -0.4 is 0 Å². The van der Waals surface area contributed by atoms with Crippen molar-refractivity contribution in [3.8, 4) is 0 Å². The minimum absolute atomic E-state index is 0.802. The maximum absolute atomic E-state index is 2.44. The third-order valence-electron chi connectivity index (χ3n) is 4.27. The molecule has 0 aromatic rings. The average Bonchev–Trinajstić information content (AvgIpc) is 2.43. The van der Waals surface area contributed by atoms with Crippen molar-refractivity contribution < 1.29 is 0 Å². The van der Waals surface area contributed by atoms with Gasteiger partial charge in [0.2, 0.25) is 0 Å². The number of rotatable bonds is 14. The van der Waals surface area contributed by atoms with Gasteiger partial charge in [0.05, 0.1) is 0 Å². The highest BCUT2D eigenvalue weighted by Crippen LogP contribution is 2.16. The van der Waals surface area contributed by atoms with Crippen LogP contribution in [-0.4, -0.2) is 25.0 Å². The second-order valence-corrected chi connectivity index (χ2v) is 6.38. The van der Waals surface area contributed by atoms with Crippen LogP contribution in [0.4, 0.5) is 0 Å². The molecule has 0 fully saturated rings. The Hall–Kier alpha value is -0.300. The molecule has 1 heteroatoms. The summed E-state index contributed by atoms with van der Waals surface area (Å²) in [5.74, 6) is 0. The lowest BCUT2D eigenvalue weighted by Gasteiger charge is -2.24. The molecule has 0 aliphatic carbocycles. The summed E-state index contributed by atoms with van der Waals surface area (Å²) in [6, 6.07) is 0.802. The second kappa shape index (κ2) is 15.1. The fourth-order valence-electron chi connectivity index (χ4n) is 2.81. The van der Waals surface area contributed by atoms with Gasteiger partial charge < -0.3 is 4.90 Å². The Morgan fingerprint density at radius 2 is 1.35 bits per heavy atom. The van der Waals surface area contributed by atoms with Crippen molar-refractivity contribution in [1.29, 1.82) is 0 Å². The molecule has 0 bridgehead atoms. The van der Waals surface area contributed by atoms with E-state index in [-0.39, 0.29) is 0 Å². The molecule has 0 heterocycles. The van der Waals surface area contributed by atoms with Crippen LogP contribution in [0.25, 0.3) is 0 Å². The quantitative estimate of drug-likeness (QED) is 0.271. The molecule has 0 rings (SSSR count). The Kier molecular flexibility index (Phi) is 14.9. The Bertz CT molecular complexity index is 208. The largest absolute Gasteiger partial charge is 0.306 e. The number of unbranched alkanes of at least 4 members (excludes halogenated alkanes) is 8. The van der Waals surface area contributed by atoms with E-state index in [0.717, 1.165) is 6.04 Å². The van der Waals surface area contributed by atoms with Gasteiger partial charge in [-0.2, -0.15) is 0 Å². The van der Waals surface area contributed by atoms with Crippen molar-refractivity contribution in [3.05, 3.63) is 12.2 Å². The molecule has 0 aromatic heterocycles. The number of hydrogen-bond donors (Lipinski definition) is 0. The predicted molar refractivity (Wildman–Crippen MR) is 93.4 cm³/mol. The van der Waals surface area contributed by atoms with Crippen molar-refractivity contribution in [2.24, 2.45) is 0 Å². The Morgan fingerprint density at radius 1 is 0.800 bits per heavy atom. The zero-order valence-corrected chi connectivity index (χ0v) is 14.7. The van der Waals surface area contributed by atoms with Gasteiger partial charge in [-0.1, -0.05) is 70.4 Å². The van der Waals surface area contributed by atoms with Crippen molar-refractivity contribution in [2.45, 2.75) is 96.9 Å². The molecule has 1 atom stereocenters. The van der Waals surface area contributed by atoms with E-state index in [4.69, 9.17) is 0 Å². The predicted octanol–water partition coefficient (Wildman–Crippen LogP) is 6.19. The third kappa shape index (κ3) is 12.7. The fraction of sp³-hybridized carbons (Fsp3) is 0.895. The van der Waals surface area contributed by atoms with Gasteiger partial charge in [-0.15, -0.1) is 0 Å². The van der Waals surface area contributed by atoms with Gasteiger partial charge in [0.25, 0.3) is 0 Å². The lowest BCUT2D eigenvalue weighted by Crippen LogP contribution is -2.27. The van der Waals surface area contributed by atoms with Crippen LogP contribution in [0.2, 0.25) is 0 Å². The molecule has 0 saturated carbocycles. The molecular weight excluding hydrogens is 242 g/mol. The summed E-state index contributed by atoms with van der Waals surface area (Å²) >= 11 is 0. The van der Waals surface area contributed by atoms with Crippen LogP contribution in [-0.2, 0) is 0 Å². The van der Waals surface area contributed by atoms with Crippen LogP contribution in [0.5, 0.6) is 0 Å². The van der Waals surface area contributed by atoms with Gasteiger partial charge in [-0.25, -0.2) is 0 Å². The van der Waals surface area contributed by atoms with E-state index in [0.29, 0.717) is 0 Å². The molecule has 20 heavy (non-hydrogen) atoms. The molecular formula is C19H39N. The zero-order chi connectivity index (χ0) is 15.1. The lowest BCUT2D eigenvalue weighted by molar-refractivity contribution is 0.252. The summed E-state index contributed by atoms with van der Waals surface area (Å²) < 4.78 is 0. The molecule has 120 valence electrons. The van der Waals surface area contributed by atoms with Gasteiger partial charge in [-0.05, 0) is 46.7 Å². The van der Waals surface area contributed by atoms with Gasteiger partial charge in [-0.3, -0.25) is 0 Å². The monoisotopic (exact) mass is 281 g/mol. The Labute approximate surface area is 128 Å². The van der Waals surface area contributed by atoms with E-state index in [9.17, 15) is 0 Å². The first-order chi connectivity index (χ1) is 9.72. The number of allylic oxidation sites excluding steroid dienone is 2. The summed E-state index contributed by atoms with van der Waals surface area (Å²) in [6.45, 7) is 4.40. The number of hydrogen-bond acceptors (Lipinski definition) is 1. The van der Waals surface area contributed by atoms with E-state index in [2.05, 4.69) is 45.0 Å². The van der Waals surface area contributed by atoms with Crippen molar-refractivity contribution in [2.75, 3.05) is 14.1 Å². The topological polar surface area (TPSA) is 3.24 Å². The summed E-state index contributed by atoms with van der Waals surface area (Å²) in [4.78, 5) is 2.44. The molecule has 0 N–H and O–H groups in total. The van der Waals surface area contributed by atoms with Gasteiger partial charge in [0.1, 0.15) is 0 Å². The molecule has 0 aliphatic heterocycles. The van der Waals surface area contributed by atoms with E-state index in [1.54, 1.807) is 0 Å². The van der Waals surface area contributed by atoms with Crippen molar-refractivity contribution in [3.63, 3.8) is 0 Å². The number of nitrogens with zero attached hydrogens (tertiary/aromatic N) is 1. The van der Waals surface area contributed by atoms with Crippen LogP contribution in [0, 0.1) is 0 Å². The highest BCUT2D eigenvalue weighted by Gasteiger charge is 2.10. The van der Waals surface area contributed by atoms with Crippen LogP contribution in [0.1, 0.15) is 90.9 Å². The summed E-state index contributed by atoms with van der Waals surface area (Å²) in [6.07, 6.45) is 21.2. The van der Waals surface area contributed by atoms with Crippen LogP contribution in [0.15, 0.2) is 12.2 Å². The maximum Gasteiger partial charge on any atom is 0.00891 e. The van der Waals surface area contributed by atoms with Crippen LogP contribution >= 0.6 is 0 Å². The Morgan fingerprint density at radius 3 is 1.90 bits per heavy atom. The molecule has 0 radical (unpaired) electrons. The summed E-state index contributed by atoms with van der Waals surface area (Å²) in [7, 11) is 4.50. The smallest absolute Gasteiger partial charge is 0.00891 e. The van der Waals surface area contributed by atoms with Crippen molar-refractivity contribution in [1.82, 2.24) is 4.90 Å². The second-order valence-electron chi connectivity index (χ2n) is 6.38.